The van der Waals surface area contributed by atoms with Gasteiger partial charge < -0.3 is 9.73 Å². The van der Waals surface area contributed by atoms with Crippen LogP contribution in [0, 0.1) is 6.92 Å². The summed E-state index contributed by atoms with van der Waals surface area (Å²) in [5.41, 5.74) is 3.01. The Morgan fingerprint density at radius 2 is 1.97 bits per heavy atom. The molecule has 0 unspecified atom stereocenters. The number of nitrogens with zero attached hydrogens (tertiary/aromatic N) is 3. The van der Waals surface area contributed by atoms with Crippen LogP contribution in [0.4, 0.5) is 0 Å². The Kier molecular flexibility index (Phi) is 6.49. The second-order valence-electron chi connectivity index (χ2n) is 7.78. The number of hydrazone groups is 1. The zero-order valence-corrected chi connectivity index (χ0v) is 17.4. The van der Waals surface area contributed by atoms with E-state index in [1.165, 1.54) is 10.6 Å². The number of hydrogen-bond donors (Lipinski definition) is 1. The number of rotatable bonds is 7. The molecule has 2 amide bonds. The summed E-state index contributed by atoms with van der Waals surface area (Å²) in [7, 11) is 1.75. The molecule has 0 bridgehead atoms. The molecule has 154 valence electrons. The predicted octanol–water partition coefficient (Wildman–Crippen LogP) is 2.72. The van der Waals surface area contributed by atoms with Crippen LogP contribution in [-0.2, 0) is 9.59 Å². The minimum Gasteiger partial charge on any atom is -0.467 e. The average Bonchev–Trinajstić information content (AvgIpc) is 3.31. The highest BCUT2D eigenvalue weighted by Crippen LogP contribution is 2.33. The first-order valence-electron chi connectivity index (χ1n) is 9.81. The van der Waals surface area contributed by atoms with Gasteiger partial charge in [-0.2, -0.15) is 5.10 Å². The number of nitrogens with one attached hydrogen (secondary N) is 1. The predicted molar refractivity (Wildman–Crippen MR) is 111 cm³/mol. The van der Waals surface area contributed by atoms with Gasteiger partial charge in [0.1, 0.15) is 11.8 Å². The maximum atomic E-state index is 13.0. The van der Waals surface area contributed by atoms with Crippen molar-refractivity contribution < 1.29 is 14.0 Å². The quantitative estimate of drug-likeness (QED) is 0.781. The lowest BCUT2D eigenvalue weighted by Gasteiger charge is -2.23. The number of amides is 2. The van der Waals surface area contributed by atoms with Crippen LogP contribution in [0.5, 0.6) is 0 Å². The topological polar surface area (TPSA) is 78.2 Å². The molecular weight excluding hydrogens is 368 g/mol. The molecule has 1 atom stereocenters. The SMILES string of the molecule is Cc1ccc(C2=NN(C(=O)CN(C)CC(=O)NC(C)C)[C@H](c3ccco3)C2)cc1. The number of carbonyl (C=O) groups is 2. The van der Waals surface area contributed by atoms with Gasteiger partial charge in [-0.15, -0.1) is 0 Å². The molecule has 1 aromatic heterocycles. The van der Waals surface area contributed by atoms with Crippen molar-refractivity contribution in [1.82, 2.24) is 15.2 Å². The molecule has 0 fully saturated rings. The molecule has 0 saturated heterocycles. The summed E-state index contributed by atoms with van der Waals surface area (Å²) in [6.07, 6.45) is 2.18. The lowest BCUT2D eigenvalue weighted by molar-refractivity contribution is -0.134. The molecule has 3 rings (SSSR count). The molecule has 0 saturated carbocycles. The van der Waals surface area contributed by atoms with Crippen molar-refractivity contribution in [2.75, 3.05) is 20.1 Å². The lowest BCUT2D eigenvalue weighted by Crippen LogP contribution is -2.42. The van der Waals surface area contributed by atoms with Crippen molar-refractivity contribution in [3.05, 3.63) is 59.5 Å². The van der Waals surface area contributed by atoms with Crippen molar-refractivity contribution in [2.45, 2.75) is 39.3 Å². The van der Waals surface area contributed by atoms with Crippen LogP contribution in [0.1, 0.15) is 43.2 Å². The van der Waals surface area contributed by atoms with Crippen molar-refractivity contribution in [3.63, 3.8) is 0 Å². The number of hydrogen-bond acceptors (Lipinski definition) is 5. The van der Waals surface area contributed by atoms with Crippen LogP contribution >= 0.6 is 0 Å². The molecule has 0 aliphatic carbocycles. The summed E-state index contributed by atoms with van der Waals surface area (Å²) >= 11 is 0. The zero-order chi connectivity index (χ0) is 21.0. The Bertz CT molecular complexity index is 872. The fourth-order valence-electron chi connectivity index (χ4n) is 3.34. The van der Waals surface area contributed by atoms with Crippen LogP contribution in [0.25, 0.3) is 0 Å². The normalized spacial score (nSPS) is 16.4. The summed E-state index contributed by atoms with van der Waals surface area (Å²) < 4.78 is 5.57. The summed E-state index contributed by atoms with van der Waals surface area (Å²) in [5, 5.41) is 8.94. The third-order valence-corrected chi connectivity index (χ3v) is 4.69. The molecule has 1 aliphatic rings. The molecule has 2 aromatic rings. The molecule has 1 aliphatic heterocycles. The molecule has 7 nitrogen and oxygen atoms in total. The fourth-order valence-corrected chi connectivity index (χ4v) is 3.34. The van der Waals surface area contributed by atoms with E-state index in [4.69, 9.17) is 4.42 Å². The Morgan fingerprint density at radius 3 is 2.59 bits per heavy atom. The van der Waals surface area contributed by atoms with E-state index in [2.05, 4.69) is 10.4 Å². The minimum atomic E-state index is -0.285. The Labute approximate surface area is 171 Å². The van der Waals surface area contributed by atoms with Gasteiger partial charge in [0.15, 0.2) is 0 Å². The van der Waals surface area contributed by atoms with Crippen molar-refractivity contribution in [2.24, 2.45) is 5.10 Å². The number of furan rings is 1. The maximum Gasteiger partial charge on any atom is 0.257 e. The van der Waals surface area contributed by atoms with Gasteiger partial charge in [0.25, 0.3) is 5.91 Å². The fraction of sp³-hybridized carbons (Fsp3) is 0.409. The second-order valence-corrected chi connectivity index (χ2v) is 7.78. The van der Waals surface area contributed by atoms with Gasteiger partial charge in [0.2, 0.25) is 5.91 Å². The monoisotopic (exact) mass is 396 g/mol. The summed E-state index contributed by atoms with van der Waals surface area (Å²) in [6, 6.07) is 11.6. The van der Waals surface area contributed by atoms with Gasteiger partial charge in [0, 0.05) is 12.5 Å². The molecular formula is C22H28N4O3. The Balaban J connectivity index is 1.74. The molecule has 0 spiro atoms. The van der Waals surface area contributed by atoms with E-state index in [1.54, 1.807) is 18.2 Å². The van der Waals surface area contributed by atoms with Gasteiger partial charge in [-0.1, -0.05) is 29.8 Å². The Hall–Kier alpha value is -2.93. The van der Waals surface area contributed by atoms with Crippen molar-refractivity contribution >= 4 is 17.5 Å². The van der Waals surface area contributed by atoms with Crippen LogP contribution < -0.4 is 5.32 Å². The number of benzene rings is 1. The minimum absolute atomic E-state index is 0.0650. The number of likely N-dealkylation sites (N-methyl/N-ethyl adjacent to an activating group) is 1. The number of aryl methyl sites for hydroxylation is 1. The first-order valence-corrected chi connectivity index (χ1v) is 9.81. The van der Waals surface area contributed by atoms with E-state index in [9.17, 15) is 9.59 Å². The highest BCUT2D eigenvalue weighted by atomic mass is 16.3. The van der Waals surface area contributed by atoms with Gasteiger partial charge >= 0.3 is 0 Å². The van der Waals surface area contributed by atoms with Crippen LogP contribution in [-0.4, -0.2) is 53.6 Å². The summed E-state index contributed by atoms with van der Waals surface area (Å²) in [5.74, 6) is 0.418. The average molecular weight is 396 g/mol. The third-order valence-electron chi connectivity index (χ3n) is 4.69. The highest BCUT2D eigenvalue weighted by Gasteiger charge is 2.35. The van der Waals surface area contributed by atoms with Crippen LogP contribution in [0.15, 0.2) is 52.2 Å². The van der Waals surface area contributed by atoms with Gasteiger partial charge in [-0.05, 0) is 45.5 Å². The van der Waals surface area contributed by atoms with Crippen LogP contribution in [0.2, 0.25) is 0 Å². The van der Waals surface area contributed by atoms with Crippen molar-refractivity contribution in [1.29, 1.82) is 0 Å². The van der Waals surface area contributed by atoms with E-state index >= 15 is 0 Å². The standard InChI is InChI=1S/C22H28N4O3/c1-15(2)23-21(27)13-25(4)14-22(28)26-19(20-6-5-11-29-20)12-18(24-26)17-9-7-16(3)8-10-17/h5-11,15,19H,12-14H2,1-4H3,(H,23,27)/t19-/m0/s1. The molecule has 1 aromatic carbocycles. The van der Waals surface area contributed by atoms with E-state index < -0.39 is 0 Å². The summed E-state index contributed by atoms with van der Waals surface area (Å²) in [4.78, 5) is 26.7. The first kappa shape index (κ1) is 20.8. The molecule has 7 heteroatoms. The first-order chi connectivity index (χ1) is 13.8. The molecule has 1 N–H and O–H groups in total. The molecule has 0 radical (unpaired) electrons. The highest BCUT2D eigenvalue weighted by molar-refractivity contribution is 6.03. The Morgan fingerprint density at radius 1 is 1.24 bits per heavy atom. The van der Waals surface area contributed by atoms with Gasteiger partial charge in [0.05, 0.1) is 25.1 Å². The van der Waals surface area contributed by atoms with E-state index in [0.29, 0.717) is 12.2 Å². The van der Waals surface area contributed by atoms with Crippen molar-refractivity contribution in [3.8, 4) is 0 Å². The van der Waals surface area contributed by atoms with E-state index in [0.717, 1.165) is 11.3 Å². The molecule has 2 heterocycles. The third kappa shape index (κ3) is 5.32. The largest absolute Gasteiger partial charge is 0.467 e. The van der Waals surface area contributed by atoms with E-state index in [1.807, 2.05) is 57.2 Å². The smallest absolute Gasteiger partial charge is 0.257 e. The van der Waals surface area contributed by atoms with E-state index in [-0.39, 0.29) is 37.0 Å². The van der Waals surface area contributed by atoms with Gasteiger partial charge in [-0.3, -0.25) is 14.5 Å². The maximum absolute atomic E-state index is 13.0. The zero-order valence-electron chi connectivity index (χ0n) is 17.4. The lowest BCUT2D eigenvalue weighted by atomic mass is 10.0. The van der Waals surface area contributed by atoms with Crippen LogP contribution in [0.3, 0.4) is 0 Å². The van der Waals surface area contributed by atoms with Gasteiger partial charge in [-0.25, -0.2) is 5.01 Å². The second kappa shape index (κ2) is 9.05. The number of carbonyl (C=O) groups excluding carboxylic acids is 2. The molecule has 29 heavy (non-hydrogen) atoms. The summed E-state index contributed by atoms with van der Waals surface area (Å²) in [6.45, 7) is 6.09.